The van der Waals surface area contributed by atoms with Gasteiger partial charge in [0.25, 0.3) is 0 Å². The zero-order chi connectivity index (χ0) is 14.1. The Bertz CT molecular complexity index is 499. The first kappa shape index (κ1) is 13.6. The van der Waals surface area contributed by atoms with E-state index in [1.165, 1.54) is 11.1 Å². The number of amides is 1. The first-order chi connectivity index (χ1) is 9.70. The summed E-state index contributed by atoms with van der Waals surface area (Å²) in [5, 5.41) is 9.71. The molecular formula is C16H22N2O2. The first-order valence-corrected chi connectivity index (χ1v) is 7.39. The third kappa shape index (κ3) is 2.58. The maximum atomic E-state index is 12.3. The van der Waals surface area contributed by atoms with E-state index in [-0.39, 0.29) is 18.6 Å². The summed E-state index contributed by atoms with van der Waals surface area (Å²) in [6.45, 7) is 1.32. The predicted octanol–water partition coefficient (Wildman–Crippen LogP) is 1.20. The van der Waals surface area contributed by atoms with Crippen molar-refractivity contribution >= 4 is 5.91 Å². The highest BCUT2D eigenvalue weighted by Gasteiger charge is 2.33. The summed E-state index contributed by atoms with van der Waals surface area (Å²) in [5.74, 6) is 0.172. The number of rotatable bonds is 4. The molecule has 1 heterocycles. The molecule has 1 fully saturated rings. The fraction of sp³-hybridized carbons (Fsp3) is 0.562. The zero-order valence-electron chi connectivity index (χ0n) is 12.0. The van der Waals surface area contributed by atoms with E-state index < -0.39 is 0 Å². The van der Waals surface area contributed by atoms with Gasteiger partial charge in [0.05, 0.1) is 19.2 Å². The van der Waals surface area contributed by atoms with Crippen LogP contribution in [0.25, 0.3) is 0 Å². The first-order valence-electron chi connectivity index (χ1n) is 7.39. The number of nitrogens with zero attached hydrogens (tertiary/aromatic N) is 2. The third-order valence-electron chi connectivity index (χ3n) is 4.52. The van der Waals surface area contributed by atoms with E-state index in [1.54, 1.807) is 0 Å². The van der Waals surface area contributed by atoms with Crippen LogP contribution in [0.3, 0.4) is 0 Å². The van der Waals surface area contributed by atoms with Crippen molar-refractivity contribution in [3.8, 4) is 0 Å². The van der Waals surface area contributed by atoms with E-state index in [1.807, 2.05) is 24.1 Å². The van der Waals surface area contributed by atoms with Gasteiger partial charge in [0.1, 0.15) is 0 Å². The van der Waals surface area contributed by atoms with E-state index in [0.29, 0.717) is 12.6 Å². The molecule has 1 aliphatic carbocycles. The van der Waals surface area contributed by atoms with Gasteiger partial charge in [0.15, 0.2) is 0 Å². The molecule has 1 saturated carbocycles. The Morgan fingerprint density at radius 1 is 1.40 bits per heavy atom. The average molecular weight is 274 g/mol. The lowest BCUT2D eigenvalue weighted by molar-refractivity contribution is -0.132. The van der Waals surface area contributed by atoms with Gasteiger partial charge in [-0.05, 0) is 30.4 Å². The molecule has 1 aromatic carbocycles. The van der Waals surface area contributed by atoms with Gasteiger partial charge in [-0.2, -0.15) is 0 Å². The molecule has 4 heteroatoms. The Hall–Kier alpha value is -1.39. The summed E-state index contributed by atoms with van der Waals surface area (Å²) in [6.07, 6.45) is 3.22. The van der Waals surface area contributed by atoms with E-state index in [2.05, 4.69) is 17.0 Å². The standard InChI is InChI=1S/C16H22N2O2/c1-17(13-6-7-13)16(20)10-18-9-8-12-4-2-3-5-14(12)15(18)11-19/h2-5,13,15,19H,6-11H2,1H3. The molecule has 3 rings (SSSR count). The van der Waals surface area contributed by atoms with Gasteiger partial charge in [0.2, 0.25) is 5.91 Å². The van der Waals surface area contributed by atoms with Gasteiger partial charge >= 0.3 is 0 Å². The van der Waals surface area contributed by atoms with Crippen molar-refractivity contribution in [1.29, 1.82) is 0 Å². The van der Waals surface area contributed by atoms with Crippen LogP contribution in [-0.4, -0.2) is 53.6 Å². The second-order valence-corrected chi connectivity index (χ2v) is 5.85. The molecule has 0 bridgehead atoms. The topological polar surface area (TPSA) is 43.8 Å². The molecule has 108 valence electrons. The number of likely N-dealkylation sites (N-methyl/N-ethyl adjacent to an activating group) is 1. The van der Waals surface area contributed by atoms with E-state index >= 15 is 0 Å². The highest BCUT2D eigenvalue weighted by Crippen LogP contribution is 2.30. The number of carbonyl (C=O) groups excluding carboxylic acids is 1. The van der Waals surface area contributed by atoms with Crippen LogP contribution in [0, 0.1) is 0 Å². The largest absolute Gasteiger partial charge is 0.394 e. The minimum atomic E-state index is -0.0449. The molecule has 1 amide bonds. The molecule has 20 heavy (non-hydrogen) atoms. The fourth-order valence-electron chi connectivity index (χ4n) is 3.06. The lowest BCUT2D eigenvalue weighted by Gasteiger charge is -2.36. The molecule has 0 aromatic heterocycles. The van der Waals surface area contributed by atoms with E-state index in [9.17, 15) is 9.90 Å². The molecular weight excluding hydrogens is 252 g/mol. The second-order valence-electron chi connectivity index (χ2n) is 5.85. The van der Waals surface area contributed by atoms with Crippen molar-refractivity contribution in [1.82, 2.24) is 9.80 Å². The number of carbonyl (C=O) groups is 1. The van der Waals surface area contributed by atoms with Gasteiger partial charge in [-0.15, -0.1) is 0 Å². The number of aliphatic hydroxyl groups is 1. The average Bonchev–Trinajstić information content (AvgIpc) is 3.30. The van der Waals surface area contributed by atoms with Crippen LogP contribution >= 0.6 is 0 Å². The summed E-state index contributed by atoms with van der Waals surface area (Å²) in [5.41, 5.74) is 2.47. The molecule has 1 atom stereocenters. The minimum absolute atomic E-state index is 0.0449. The molecule has 0 radical (unpaired) electrons. The lowest BCUT2D eigenvalue weighted by Crippen LogP contribution is -2.44. The van der Waals surface area contributed by atoms with Crippen LogP contribution in [0.15, 0.2) is 24.3 Å². The Morgan fingerprint density at radius 2 is 2.15 bits per heavy atom. The zero-order valence-corrected chi connectivity index (χ0v) is 12.0. The second kappa shape index (κ2) is 5.54. The predicted molar refractivity (Wildman–Crippen MR) is 77.3 cm³/mol. The van der Waals surface area contributed by atoms with Crippen molar-refractivity contribution in [2.75, 3.05) is 26.7 Å². The van der Waals surface area contributed by atoms with Crippen LogP contribution in [0.4, 0.5) is 0 Å². The molecule has 1 aromatic rings. The van der Waals surface area contributed by atoms with Crippen LogP contribution in [0.2, 0.25) is 0 Å². The fourth-order valence-corrected chi connectivity index (χ4v) is 3.06. The molecule has 0 spiro atoms. The Morgan fingerprint density at radius 3 is 2.85 bits per heavy atom. The molecule has 4 nitrogen and oxygen atoms in total. The quantitative estimate of drug-likeness (QED) is 0.897. The normalized spacial score (nSPS) is 22.4. The highest BCUT2D eigenvalue weighted by molar-refractivity contribution is 5.78. The van der Waals surface area contributed by atoms with Crippen molar-refractivity contribution in [3.63, 3.8) is 0 Å². The van der Waals surface area contributed by atoms with Gasteiger partial charge in [-0.3, -0.25) is 9.69 Å². The Labute approximate surface area is 120 Å². The number of benzene rings is 1. The number of hydrogen-bond donors (Lipinski definition) is 1. The lowest BCUT2D eigenvalue weighted by atomic mass is 9.93. The van der Waals surface area contributed by atoms with E-state index in [4.69, 9.17) is 0 Å². The third-order valence-corrected chi connectivity index (χ3v) is 4.52. The maximum Gasteiger partial charge on any atom is 0.236 e. The van der Waals surface area contributed by atoms with Crippen LogP contribution in [-0.2, 0) is 11.2 Å². The summed E-state index contributed by atoms with van der Waals surface area (Å²) in [6, 6.07) is 8.63. The smallest absolute Gasteiger partial charge is 0.236 e. The van der Waals surface area contributed by atoms with Gasteiger partial charge < -0.3 is 10.0 Å². The molecule has 2 aliphatic rings. The van der Waals surface area contributed by atoms with Crippen LogP contribution in [0.1, 0.15) is 30.0 Å². The maximum absolute atomic E-state index is 12.3. The molecule has 1 unspecified atom stereocenters. The SMILES string of the molecule is CN(C(=O)CN1CCc2ccccc2C1CO)C1CC1. The van der Waals surface area contributed by atoms with Gasteiger partial charge in [-0.25, -0.2) is 0 Å². The van der Waals surface area contributed by atoms with Crippen molar-refractivity contribution < 1.29 is 9.90 Å². The number of aliphatic hydroxyl groups excluding tert-OH is 1. The van der Waals surface area contributed by atoms with Crippen molar-refractivity contribution in [2.45, 2.75) is 31.3 Å². The van der Waals surface area contributed by atoms with Crippen LogP contribution < -0.4 is 0 Å². The monoisotopic (exact) mass is 274 g/mol. The van der Waals surface area contributed by atoms with E-state index in [0.717, 1.165) is 25.8 Å². The summed E-state index contributed by atoms with van der Waals surface area (Å²) in [4.78, 5) is 16.3. The van der Waals surface area contributed by atoms with Crippen molar-refractivity contribution in [2.24, 2.45) is 0 Å². The molecule has 0 saturated heterocycles. The molecule has 1 N–H and O–H groups in total. The summed E-state index contributed by atoms with van der Waals surface area (Å²) >= 11 is 0. The number of hydrogen-bond acceptors (Lipinski definition) is 3. The summed E-state index contributed by atoms with van der Waals surface area (Å²) < 4.78 is 0. The number of fused-ring (bicyclic) bond motifs is 1. The van der Waals surface area contributed by atoms with Crippen molar-refractivity contribution in [3.05, 3.63) is 35.4 Å². The van der Waals surface area contributed by atoms with Gasteiger partial charge in [-0.1, -0.05) is 24.3 Å². The summed E-state index contributed by atoms with van der Waals surface area (Å²) in [7, 11) is 1.89. The molecule has 1 aliphatic heterocycles. The van der Waals surface area contributed by atoms with Gasteiger partial charge in [0, 0.05) is 19.6 Å². The Balaban J connectivity index is 1.72. The highest BCUT2D eigenvalue weighted by atomic mass is 16.3. The Kier molecular flexibility index (Phi) is 3.76. The van der Waals surface area contributed by atoms with Crippen LogP contribution in [0.5, 0.6) is 0 Å². The minimum Gasteiger partial charge on any atom is -0.394 e.